The van der Waals surface area contributed by atoms with Crippen molar-refractivity contribution in [1.29, 1.82) is 0 Å². The van der Waals surface area contributed by atoms with E-state index in [-0.39, 0.29) is 5.91 Å². The van der Waals surface area contributed by atoms with E-state index in [1.807, 2.05) is 6.92 Å². The lowest BCUT2D eigenvalue weighted by Crippen LogP contribution is -2.50. The van der Waals surface area contributed by atoms with Crippen LogP contribution < -0.4 is 5.32 Å². The molecule has 3 saturated heterocycles. The van der Waals surface area contributed by atoms with E-state index in [9.17, 15) is 4.79 Å². The zero-order valence-corrected chi connectivity index (χ0v) is 11.4. The van der Waals surface area contributed by atoms with Crippen molar-refractivity contribution in [2.24, 2.45) is 11.8 Å². The molecule has 0 radical (unpaired) electrons. The zero-order valence-electron chi connectivity index (χ0n) is 11.4. The fourth-order valence-corrected chi connectivity index (χ4v) is 4.03. The number of hydrogen-bond donors (Lipinski definition) is 1. The van der Waals surface area contributed by atoms with Crippen LogP contribution in [-0.4, -0.2) is 48.7 Å². The average Bonchev–Trinajstić information content (AvgIpc) is 3.02. The standard InChI is InChI=1S/C14H24N2O2/c1-3-12-11-8-15-7-10(11)9-16(12)13(17)14(2)5-4-6-18-14/h10-12,15H,3-9H2,1-2H3. The van der Waals surface area contributed by atoms with Crippen LogP contribution in [0.2, 0.25) is 0 Å². The Hall–Kier alpha value is -0.610. The van der Waals surface area contributed by atoms with Crippen molar-refractivity contribution >= 4 is 5.91 Å². The van der Waals surface area contributed by atoms with Crippen molar-refractivity contribution in [3.05, 3.63) is 0 Å². The van der Waals surface area contributed by atoms with Crippen molar-refractivity contribution in [3.63, 3.8) is 0 Å². The molecule has 0 spiro atoms. The summed E-state index contributed by atoms with van der Waals surface area (Å²) in [6.45, 7) is 7.98. The first-order valence-electron chi connectivity index (χ1n) is 7.31. The minimum Gasteiger partial charge on any atom is -0.365 e. The number of hydrogen-bond acceptors (Lipinski definition) is 3. The van der Waals surface area contributed by atoms with Crippen molar-refractivity contribution in [3.8, 4) is 0 Å². The highest BCUT2D eigenvalue weighted by atomic mass is 16.5. The predicted octanol–water partition coefficient (Wildman–Crippen LogP) is 1.01. The van der Waals surface area contributed by atoms with Crippen LogP contribution in [0.4, 0.5) is 0 Å². The minimum absolute atomic E-state index is 0.237. The van der Waals surface area contributed by atoms with E-state index in [1.54, 1.807) is 0 Å². The summed E-state index contributed by atoms with van der Waals surface area (Å²) in [5.41, 5.74) is -0.542. The van der Waals surface area contributed by atoms with E-state index >= 15 is 0 Å². The van der Waals surface area contributed by atoms with Gasteiger partial charge in [-0.05, 0) is 38.0 Å². The highest BCUT2D eigenvalue weighted by molar-refractivity contribution is 5.85. The van der Waals surface area contributed by atoms with E-state index in [0.717, 1.165) is 45.5 Å². The number of rotatable bonds is 2. The fourth-order valence-electron chi connectivity index (χ4n) is 4.03. The average molecular weight is 252 g/mol. The van der Waals surface area contributed by atoms with Crippen LogP contribution in [0.25, 0.3) is 0 Å². The second-order valence-corrected chi connectivity index (χ2v) is 6.20. The normalized spacial score (nSPS) is 43.4. The van der Waals surface area contributed by atoms with Gasteiger partial charge in [-0.15, -0.1) is 0 Å². The number of likely N-dealkylation sites (tertiary alicyclic amines) is 1. The van der Waals surface area contributed by atoms with E-state index in [1.165, 1.54) is 0 Å². The number of nitrogens with one attached hydrogen (secondary N) is 1. The van der Waals surface area contributed by atoms with Crippen LogP contribution in [0, 0.1) is 11.8 Å². The lowest BCUT2D eigenvalue weighted by Gasteiger charge is -2.33. The molecule has 1 amide bonds. The Balaban J connectivity index is 1.77. The summed E-state index contributed by atoms with van der Waals surface area (Å²) in [6.07, 6.45) is 2.96. The van der Waals surface area contributed by atoms with Gasteiger partial charge in [0.05, 0.1) is 0 Å². The maximum Gasteiger partial charge on any atom is 0.254 e. The van der Waals surface area contributed by atoms with E-state index in [0.29, 0.717) is 17.9 Å². The molecule has 0 aromatic carbocycles. The van der Waals surface area contributed by atoms with Crippen LogP contribution in [0.3, 0.4) is 0 Å². The molecule has 3 fully saturated rings. The monoisotopic (exact) mass is 252 g/mol. The number of carbonyl (C=O) groups excluding carboxylic acids is 1. The Bertz CT molecular complexity index is 339. The second-order valence-electron chi connectivity index (χ2n) is 6.20. The zero-order chi connectivity index (χ0) is 12.8. The molecule has 1 N–H and O–H groups in total. The number of amides is 1. The molecule has 4 nitrogen and oxygen atoms in total. The summed E-state index contributed by atoms with van der Waals surface area (Å²) in [4.78, 5) is 14.9. The predicted molar refractivity (Wildman–Crippen MR) is 69.2 cm³/mol. The van der Waals surface area contributed by atoms with E-state index < -0.39 is 5.60 Å². The highest BCUT2D eigenvalue weighted by Crippen LogP contribution is 2.37. The largest absolute Gasteiger partial charge is 0.365 e. The van der Waals surface area contributed by atoms with Gasteiger partial charge in [0.25, 0.3) is 5.91 Å². The summed E-state index contributed by atoms with van der Waals surface area (Å²) in [5.74, 6) is 1.55. The SMILES string of the molecule is CCC1C2CNCC2CN1C(=O)C1(C)CCCO1. The first kappa shape index (κ1) is 12.4. The molecule has 3 rings (SSSR count). The van der Waals surface area contributed by atoms with Gasteiger partial charge in [-0.1, -0.05) is 6.92 Å². The van der Waals surface area contributed by atoms with Gasteiger partial charge < -0.3 is 15.0 Å². The quantitative estimate of drug-likeness (QED) is 0.797. The molecule has 3 heterocycles. The van der Waals surface area contributed by atoms with Gasteiger partial charge in [0, 0.05) is 32.3 Å². The fraction of sp³-hybridized carbons (Fsp3) is 0.929. The molecular weight excluding hydrogens is 228 g/mol. The smallest absolute Gasteiger partial charge is 0.254 e. The van der Waals surface area contributed by atoms with Gasteiger partial charge in [-0.3, -0.25) is 4.79 Å². The molecule has 0 bridgehead atoms. The topological polar surface area (TPSA) is 41.6 Å². The molecule has 102 valence electrons. The molecule has 4 unspecified atom stereocenters. The van der Waals surface area contributed by atoms with Crippen LogP contribution in [-0.2, 0) is 9.53 Å². The summed E-state index contributed by atoms with van der Waals surface area (Å²) in [7, 11) is 0. The Morgan fingerprint density at radius 2 is 2.33 bits per heavy atom. The number of ether oxygens (including phenoxy) is 1. The van der Waals surface area contributed by atoms with Crippen molar-refractivity contribution in [1.82, 2.24) is 10.2 Å². The number of nitrogens with zero attached hydrogens (tertiary/aromatic N) is 1. The van der Waals surface area contributed by atoms with E-state index in [2.05, 4.69) is 17.1 Å². The Kier molecular flexibility index (Phi) is 3.10. The molecule has 0 aromatic heterocycles. The molecular formula is C14H24N2O2. The van der Waals surface area contributed by atoms with Gasteiger partial charge >= 0.3 is 0 Å². The molecule has 4 atom stereocenters. The molecule has 3 aliphatic rings. The molecule has 0 aliphatic carbocycles. The Morgan fingerprint density at radius 3 is 3.00 bits per heavy atom. The van der Waals surface area contributed by atoms with Gasteiger partial charge in [0.2, 0.25) is 0 Å². The third-order valence-corrected chi connectivity index (χ3v) is 5.07. The third-order valence-electron chi connectivity index (χ3n) is 5.07. The maximum atomic E-state index is 12.8. The van der Waals surface area contributed by atoms with Gasteiger partial charge in [-0.2, -0.15) is 0 Å². The Morgan fingerprint density at radius 1 is 1.50 bits per heavy atom. The van der Waals surface area contributed by atoms with Crippen LogP contribution in [0.1, 0.15) is 33.1 Å². The van der Waals surface area contributed by atoms with Crippen molar-refractivity contribution in [2.45, 2.75) is 44.8 Å². The first-order valence-corrected chi connectivity index (χ1v) is 7.31. The van der Waals surface area contributed by atoms with Gasteiger partial charge in [0.15, 0.2) is 0 Å². The minimum atomic E-state index is -0.542. The highest BCUT2D eigenvalue weighted by Gasteiger charge is 2.50. The molecule has 18 heavy (non-hydrogen) atoms. The van der Waals surface area contributed by atoms with Gasteiger partial charge in [-0.25, -0.2) is 0 Å². The number of carbonyl (C=O) groups is 1. The lowest BCUT2D eigenvalue weighted by atomic mass is 9.92. The molecule has 0 saturated carbocycles. The van der Waals surface area contributed by atoms with Crippen molar-refractivity contribution in [2.75, 3.05) is 26.2 Å². The molecule has 3 aliphatic heterocycles. The second kappa shape index (κ2) is 4.49. The summed E-state index contributed by atoms with van der Waals surface area (Å²) in [6, 6.07) is 0.415. The molecule has 4 heteroatoms. The van der Waals surface area contributed by atoms with Crippen molar-refractivity contribution < 1.29 is 9.53 Å². The Labute approximate surface area is 109 Å². The number of fused-ring (bicyclic) bond motifs is 1. The molecule has 0 aromatic rings. The van der Waals surface area contributed by atoms with Crippen LogP contribution >= 0.6 is 0 Å². The van der Waals surface area contributed by atoms with Crippen LogP contribution in [0.15, 0.2) is 0 Å². The van der Waals surface area contributed by atoms with E-state index in [4.69, 9.17) is 4.74 Å². The maximum absolute atomic E-state index is 12.8. The third kappa shape index (κ3) is 1.77. The van der Waals surface area contributed by atoms with Crippen LogP contribution in [0.5, 0.6) is 0 Å². The summed E-state index contributed by atoms with van der Waals surface area (Å²) >= 11 is 0. The summed E-state index contributed by atoms with van der Waals surface area (Å²) < 4.78 is 5.72. The lowest BCUT2D eigenvalue weighted by molar-refractivity contribution is -0.152. The first-order chi connectivity index (χ1) is 8.65. The summed E-state index contributed by atoms with van der Waals surface area (Å²) in [5, 5.41) is 3.46. The van der Waals surface area contributed by atoms with Gasteiger partial charge in [0.1, 0.15) is 5.60 Å².